The summed E-state index contributed by atoms with van der Waals surface area (Å²) in [5.41, 5.74) is 0.749. The van der Waals surface area contributed by atoms with Crippen molar-refractivity contribution in [3.63, 3.8) is 0 Å². The van der Waals surface area contributed by atoms with Gasteiger partial charge < -0.3 is 0 Å². The lowest BCUT2D eigenvalue weighted by Gasteiger charge is -2.06. The number of hydrogen-bond acceptors (Lipinski definition) is 4. The Morgan fingerprint density at radius 1 is 1.05 bits per heavy atom. The lowest BCUT2D eigenvalue weighted by atomic mass is 10.4. The molecule has 0 amide bonds. The average molecular weight is 257 g/mol. The molecule has 0 saturated heterocycles. The van der Waals surface area contributed by atoms with Crippen LogP contribution in [0.3, 0.4) is 0 Å². The fourth-order valence-electron chi connectivity index (χ4n) is 2.04. The van der Waals surface area contributed by atoms with Crippen LogP contribution in [0, 0.1) is 0 Å². The van der Waals surface area contributed by atoms with Gasteiger partial charge in [-0.25, -0.2) is 9.78 Å². The maximum absolute atomic E-state index is 12.2. The second kappa shape index (κ2) is 3.91. The first-order valence-corrected chi connectivity index (χ1v) is 5.64. The monoisotopic (exact) mass is 257 g/mol. The number of imidazole rings is 1. The zero-order valence-corrected chi connectivity index (χ0v) is 10.4. The van der Waals surface area contributed by atoms with Gasteiger partial charge in [0.15, 0.2) is 11.2 Å². The molecular weight excluding hydrogens is 246 g/mol. The number of fused-ring (bicyclic) bond motifs is 1. The van der Waals surface area contributed by atoms with Crippen LogP contribution in [0.2, 0.25) is 0 Å². The third-order valence-electron chi connectivity index (χ3n) is 3.09. The molecule has 96 valence electrons. The molecule has 0 radical (unpaired) electrons. The summed E-state index contributed by atoms with van der Waals surface area (Å²) in [7, 11) is 3.04. The molecule has 0 fully saturated rings. The van der Waals surface area contributed by atoms with E-state index in [4.69, 9.17) is 0 Å². The molecule has 0 saturated carbocycles. The van der Waals surface area contributed by atoms with Crippen LogP contribution in [-0.2, 0) is 14.1 Å². The minimum Gasteiger partial charge on any atom is -0.293 e. The summed E-state index contributed by atoms with van der Waals surface area (Å²) in [6, 6.07) is 3.54. The van der Waals surface area contributed by atoms with Crippen molar-refractivity contribution in [3.8, 4) is 5.69 Å². The molecule has 0 aliphatic heterocycles. The Balaban J connectivity index is 2.49. The lowest BCUT2D eigenvalue weighted by molar-refractivity contribution is 0.707. The Kier molecular flexibility index (Phi) is 2.34. The minimum atomic E-state index is -0.391. The van der Waals surface area contributed by atoms with E-state index in [1.165, 1.54) is 17.9 Å². The van der Waals surface area contributed by atoms with Gasteiger partial charge in [0.1, 0.15) is 6.33 Å². The fourth-order valence-corrected chi connectivity index (χ4v) is 2.04. The average Bonchev–Trinajstić information content (AvgIpc) is 2.88. The second-order valence-corrected chi connectivity index (χ2v) is 4.20. The Labute approximate surface area is 107 Å². The van der Waals surface area contributed by atoms with Gasteiger partial charge in [-0.05, 0) is 12.1 Å². The highest BCUT2D eigenvalue weighted by atomic mass is 16.2. The molecule has 0 unspecified atom stereocenters. The summed E-state index contributed by atoms with van der Waals surface area (Å²) in [6.45, 7) is 0. The van der Waals surface area contributed by atoms with Gasteiger partial charge in [0.05, 0.1) is 5.69 Å². The van der Waals surface area contributed by atoms with E-state index >= 15 is 0 Å². The summed E-state index contributed by atoms with van der Waals surface area (Å²) in [5.74, 6) is 0. The molecule has 0 aromatic carbocycles. The predicted octanol–water partition coefficient (Wildman–Crippen LogP) is -0.182. The summed E-state index contributed by atoms with van der Waals surface area (Å²) < 4.78 is 4.08. The number of pyridine rings is 1. The van der Waals surface area contributed by atoms with Crippen LogP contribution in [0.4, 0.5) is 0 Å². The number of hydrogen-bond donors (Lipinski definition) is 0. The molecule has 7 nitrogen and oxygen atoms in total. The van der Waals surface area contributed by atoms with Crippen molar-refractivity contribution in [2.24, 2.45) is 14.1 Å². The molecule has 19 heavy (non-hydrogen) atoms. The summed E-state index contributed by atoms with van der Waals surface area (Å²) in [6.07, 6.45) is 4.79. The van der Waals surface area contributed by atoms with Crippen molar-refractivity contribution >= 4 is 11.2 Å². The molecular formula is C12H11N5O2. The van der Waals surface area contributed by atoms with E-state index in [1.807, 2.05) is 0 Å². The van der Waals surface area contributed by atoms with Crippen LogP contribution in [0.25, 0.3) is 16.9 Å². The SMILES string of the molecule is Cn1c(=O)c2c(ncn2-c2ccncc2)n(C)c1=O. The van der Waals surface area contributed by atoms with Gasteiger partial charge in [-0.1, -0.05) is 0 Å². The molecule has 7 heteroatoms. The van der Waals surface area contributed by atoms with Gasteiger partial charge in [-0.3, -0.25) is 23.5 Å². The quantitative estimate of drug-likeness (QED) is 0.606. The number of nitrogens with zero attached hydrogens (tertiary/aromatic N) is 5. The van der Waals surface area contributed by atoms with Crippen LogP contribution in [-0.4, -0.2) is 23.7 Å². The molecule has 3 heterocycles. The fraction of sp³-hybridized carbons (Fsp3) is 0.167. The van der Waals surface area contributed by atoms with Crippen molar-refractivity contribution in [3.05, 3.63) is 51.7 Å². The normalized spacial score (nSPS) is 11.1. The summed E-state index contributed by atoms with van der Waals surface area (Å²) >= 11 is 0. The Hall–Kier alpha value is -2.70. The lowest BCUT2D eigenvalue weighted by Crippen LogP contribution is -2.37. The Morgan fingerprint density at radius 2 is 1.74 bits per heavy atom. The first-order chi connectivity index (χ1) is 9.11. The molecule has 0 bridgehead atoms. The predicted molar refractivity (Wildman–Crippen MR) is 69.3 cm³/mol. The molecule has 3 rings (SSSR count). The van der Waals surface area contributed by atoms with Crippen LogP contribution < -0.4 is 11.2 Å². The molecule has 0 spiro atoms. The maximum Gasteiger partial charge on any atom is 0.332 e. The molecule has 0 N–H and O–H groups in total. The first-order valence-electron chi connectivity index (χ1n) is 5.64. The van der Waals surface area contributed by atoms with E-state index in [9.17, 15) is 9.59 Å². The van der Waals surface area contributed by atoms with Gasteiger partial charge in [0, 0.05) is 26.5 Å². The van der Waals surface area contributed by atoms with Crippen molar-refractivity contribution in [2.75, 3.05) is 0 Å². The van der Waals surface area contributed by atoms with Gasteiger partial charge in [-0.15, -0.1) is 0 Å². The summed E-state index contributed by atoms with van der Waals surface area (Å²) in [4.78, 5) is 32.1. The van der Waals surface area contributed by atoms with Gasteiger partial charge in [0.25, 0.3) is 5.56 Å². The number of aromatic nitrogens is 5. The van der Waals surface area contributed by atoms with E-state index < -0.39 is 5.69 Å². The molecule has 3 aromatic rings. The van der Waals surface area contributed by atoms with Crippen molar-refractivity contribution in [2.45, 2.75) is 0 Å². The smallest absolute Gasteiger partial charge is 0.293 e. The Morgan fingerprint density at radius 3 is 2.42 bits per heavy atom. The van der Waals surface area contributed by atoms with Crippen molar-refractivity contribution in [1.82, 2.24) is 23.7 Å². The molecule has 3 aromatic heterocycles. The molecule has 0 aliphatic carbocycles. The van der Waals surface area contributed by atoms with Crippen LogP contribution in [0.5, 0.6) is 0 Å². The van der Waals surface area contributed by atoms with Crippen LogP contribution in [0.1, 0.15) is 0 Å². The highest BCUT2D eigenvalue weighted by Crippen LogP contribution is 2.12. The highest BCUT2D eigenvalue weighted by Gasteiger charge is 2.14. The van der Waals surface area contributed by atoms with Crippen LogP contribution in [0.15, 0.2) is 40.4 Å². The maximum atomic E-state index is 12.2. The highest BCUT2D eigenvalue weighted by molar-refractivity contribution is 5.72. The zero-order valence-electron chi connectivity index (χ0n) is 10.4. The van der Waals surface area contributed by atoms with Crippen LogP contribution >= 0.6 is 0 Å². The standard InChI is InChI=1S/C12H11N5O2/c1-15-10-9(11(18)16(2)12(15)19)17(7-14-10)8-3-5-13-6-4-8/h3-7H,1-2H3. The minimum absolute atomic E-state index is 0.366. The van der Waals surface area contributed by atoms with Gasteiger partial charge >= 0.3 is 5.69 Å². The van der Waals surface area contributed by atoms with E-state index in [0.29, 0.717) is 11.2 Å². The van der Waals surface area contributed by atoms with E-state index in [1.54, 1.807) is 36.1 Å². The van der Waals surface area contributed by atoms with Gasteiger partial charge in [0.2, 0.25) is 0 Å². The molecule has 0 aliphatic rings. The Bertz CT molecular complexity index is 873. The van der Waals surface area contributed by atoms with Crippen molar-refractivity contribution < 1.29 is 0 Å². The topological polar surface area (TPSA) is 74.7 Å². The largest absolute Gasteiger partial charge is 0.332 e. The van der Waals surface area contributed by atoms with E-state index in [0.717, 1.165) is 10.3 Å². The van der Waals surface area contributed by atoms with Gasteiger partial charge in [-0.2, -0.15) is 0 Å². The third-order valence-corrected chi connectivity index (χ3v) is 3.09. The summed E-state index contributed by atoms with van der Waals surface area (Å²) in [5, 5.41) is 0. The number of aryl methyl sites for hydroxylation is 1. The van der Waals surface area contributed by atoms with E-state index in [-0.39, 0.29) is 5.56 Å². The third kappa shape index (κ3) is 1.51. The first kappa shape index (κ1) is 11.4. The molecule has 0 atom stereocenters. The van der Waals surface area contributed by atoms with Crippen molar-refractivity contribution in [1.29, 1.82) is 0 Å². The zero-order chi connectivity index (χ0) is 13.6. The number of rotatable bonds is 1. The van der Waals surface area contributed by atoms with E-state index in [2.05, 4.69) is 9.97 Å². The second-order valence-electron chi connectivity index (χ2n) is 4.20.